The molecule has 5 nitrogen and oxygen atoms in total. The zero-order chi connectivity index (χ0) is 23.7. The van der Waals surface area contributed by atoms with Crippen molar-refractivity contribution in [3.05, 3.63) is 59.7 Å². The van der Waals surface area contributed by atoms with Crippen molar-refractivity contribution in [1.82, 2.24) is 0 Å². The van der Waals surface area contributed by atoms with Crippen molar-refractivity contribution in [2.75, 3.05) is 18.7 Å². The number of methoxy groups -OCH3 is 1. The maximum atomic E-state index is 12.0. The predicted molar refractivity (Wildman–Crippen MR) is 134 cm³/mol. The highest BCUT2D eigenvalue weighted by atomic mass is 16.5. The Kier molecular flexibility index (Phi) is 11.9. The highest BCUT2D eigenvalue weighted by Crippen LogP contribution is 2.23. The third kappa shape index (κ3) is 9.21. The van der Waals surface area contributed by atoms with Crippen LogP contribution in [0.2, 0.25) is 0 Å². The standard InChI is InChI=1S/C28H33N3O2/c1-4-6-7-8-9-10-11-12-13-15-18-24-23-25(28(32)33-3)21-22-27(24)29-30-31(5-2)26-19-16-14-17-20-26/h14,16-17,19-23H,4-11H2,1-3H3. The Labute approximate surface area is 198 Å². The van der Waals surface area contributed by atoms with Crippen molar-refractivity contribution >= 4 is 17.3 Å². The molecular weight excluding hydrogens is 410 g/mol. The van der Waals surface area contributed by atoms with Gasteiger partial charge in [-0.3, -0.25) is 0 Å². The van der Waals surface area contributed by atoms with Gasteiger partial charge in [-0.1, -0.05) is 74.3 Å². The SMILES string of the molecule is CCCCCCCCC#CC#Cc1cc(C(=O)OC)ccc1N=NN(CC)c1ccccc1. The average molecular weight is 444 g/mol. The first-order valence-electron chi connectivity index (χ1n) is 11.6. The van der Waals surface area contributed by atoms with E-state index in [1.807, 2.05) is 37.3 Å². The molecule has 0 atom stereocenters. The molecule has 0 radical (unpaired) electrons. The summed E-state index contributed by atoms with van der Waals surface area (Å²) in [6.45, 7) is 4.89. The largest absolute Gasteiger partial charge is 0.465 e. The highest BCUT2D eigenvalue weighted by molar-refractivity contribution is 5.90. The van der Waals surface area contributed by atoms with Gasteiger partial charge in [0.1, 0.15) is 5.69 Å². The Morgan fingerprint density at radius 3 is 2.45 bits per heavy atom. The average Bonchev–Trinajstić information content (AvgIpc) is 2.86. The lowest BCUT2D eigenvalue weighted by Crippen LogP contribution is -2.13. The summed E-state index contributed by atoms with van der Waals surface area (Å²) in [5.74, 6) is 11.5. The van der Waals surface area contributed by atoms with Gasteiger partial charge in [0.05, 0.1) is 23.9 Å². The lowest BCUT2D eigenvalue weighted by Gasteiger charge is -2.15. The van der Waals surface area contributed by atoms with Crippen LogP contribution in [0.15, 0.2) is 58.9 Å². The maximum Gasteiger partial charge on any atom is 0.337 e. The van der Waals surface area contributed by atoms with E-state index < -0.39 is 5.97 Å². The number of hydrogen-bond acceptors (Lipinski definition) is 4. The molecule has 0 aliphatic rings. The molecule has 0 spiro atoms. The van der Waals surface area contributed by atoms with Crippen molar-refractivity contribution in [2.45, 2.75) is 58.8 Å². The first-order valence-corrected chi connectivity index (χ1v) is 11.6. The Hall–Kier alpha value is -3.57. The van der Waals surface area contributed by atoms with Gasteiger partial charge in [-0.05, 0) is 55.5 Å². The number of anilines is 1. The molecule has 0 amide bonds. The van der Waals surface area contributed by atoms with Gasteiger partial charge in [-0.25, -0.2) is 9.80 Å². The lowest BCUT2D eigenvalue weighted by molar-refractivity contribution is 0.0600. The van der Waals surface area contributed by atoms with Gasteiger partial charge < -0.3 is 4.74 Å². The van der Waals surface area contributed by atoms with E-state index in [1.54, 1.807) is 23.2 Å². The fourth-order valence-corrected chi connectivity index (χ4v) is 3.17. The summed E-state index contributed by atoms with van der Waals surface area (Å²) in [5, 5.41) is 10.6. The van der Waals surface area contributed by atoms with Gasteiger partial charge in [0, 0.05) is 13.0 Å². The van der Waals surface area contributed by atoms with E-state index in [0.29, 0.717) is 23.4 Å². The molecule has 0 aliphatic carbocycles. The second kappa shape index (κ2) is 15.3. The quantitative estimate of drug-likeness (QED) is 0.122. The van der Waals surface area contributed by atoms with E-state index >= 15 is 0 Å². The number of carbonyl (C=O) groups is 1. The molecule has 0 bridgehead atoms. The number of carbonyl (C=O) groups excluding carboxylic acids is 1. The smallest absolute Gasteiger partial charge is 0.337 e. The third-order valence-electron chi connectivity index (χ3n) is 5.04. The van der Waals surface area contributed by atoms with Crippen molar-refractivity contribution in [3.63, 3.8) is 0 Å². The summed E-state index contributed by atoms with van der Waals surface area (Å²) in [4.78, 5) is 12.0. The normalized spacial score (nSPS) is 10.2. The molecule has 0 aliphatic heterocycles. The van der Waals surface area contributed by atoms with Crippen molar-refractivity contribution in [1.29, 1.82) is 0 Å². The summed E-state index contributed by atoms with van der Waals surface area (Å²) in [6, 6.07) is 14.9. The second-order valence-corrected chi connectivity index (χ2v) is 7.53. The minimum Gasteiger partial charge on any atom is -0.465 e. The van der Waals surface area contributed by atoms with Crippen LogP contribution in [0.5, 0.6) is 0 Å². The topological polar surface area (TPSA) is 54.3 Å². The summed E-state index contributed by atoms with van der Waals surface area (Å²) >= 11 is 0. The minimum atomic E-state index is -0.421. The van der Waals surface area contributed by atoms with Crippen molar-refractivity contribution < 1.29 is 9.53 Å². The Morgan fingerprint density at radius 1 is 0.970 bits per heavy atom. The molecule has 0 saturated heterocycles. The van der Waals surface area contributed by atoms with Gasteiger partial charge in [0.2, 0.25) is 0 Å². The van der Waals surface area contributed by atoms with E-state index in [4.69, 9.17) is 4.74 Å². The van der Waals surface area contributed by atoms with Crippen LogP contribution < -0.4 is 5.01 Å². The number of rotatable bonds is 11. The van der Waals surface area contributed by atoms with Crippen molar-refractivity contribution in [3.8, 4) is 23.7 Å². The molecule has 0 N–H and O–H groups in total. The minimum absolute atomic E-state index is 0.413. The van der Waals surface area contributed by atoms with E-state index in [0.717, 1.165) is 18.5 Å². The number of ether oxygens (including phenoxy) is 1. The summed E-state index contributed by atoms with van der Waals surface area (Å²) < 4.78 is 4.83. The Bertz CT molecular complexity index is 1020. The van der Waals surface area contributed by atoms with Gasteiger partial charge in [-0.2, -0.15) is 0 Å². The fraction of sp³-hybridized carbons (Fsp3) is 0.393. The first-order chi connectivity index (χ1) is 16.2. The summed E-state index contributed by atoms with van der Waals surface area (Å²) in [5.41, 5.74) is 2.52. The third-order valence-corrected chi connectivity index (χ3v) is 5.04. The molecule has 2 aromatic carbocycles. The van der Waals surface area contributed by atoms with Crippen LogP contribution in [0.4, 0.5) is 11.4 Å². The highest BCUT2D eigenvalue weighted by Gasteiger charge is 2.09. The molecule has 33 heavy (non-hydrogen) atoms. The van der Waals surface area contributed by atoms with Gasteiger partial charge in [0.25, 0.3) is 0 Å². The molecule has 0 unspecified atom stereocenters. The van der Waals surface area contributed by atoms with E-state index in [9.17, 15) is 4.79 Å². The Balaban J connectivity index is 2.13. The fourth-order valence-electron chi connectivity index (χ4n) is 3.17. The van der Waals surface area contributed by atoms with Crippen LogP contribution in [0.25, 0.3) is 0 Å². The molecule has 0 heterocycles. The van der Waals surface area contributed by atoms with Gasteiger partial charge >= 0.3 is 5.97 Å². The lowest BCUT2D eigenvalue weighted by atomic mass is 10.1. The van der Waals surface area contributed by atoms with Crippen LogP contribution >= 0.6 is 0 Å². The van der Waals surface area contributed by atoms with E-state index in [1.165, 1.54) is 39.2 Å². The van der Waals surface area contributed by atoms with Crippen LogP contribution in [0, 0.1) is 23.7 Å². The zero-order valence-corrected chi connectivity index (χ0v) is 19.9. The number of nitrogens with zero attached hydrogens (tertiary/aromatic N) is 3. The molecule has 5 heteroatoms. The first kappa shape index (κ1) is 25.7. The number of esters is 1. The number of hydrogen-bond donors (Lipinski definition) is 0. The number of unbranched alkanes of at least 4 members (excludes halogenated alkanes) is 6. The maximum absolute atomic E-state index is 12.0. The van der Waals surface area contributed by atoms with Crippen LogP contribution in [0.3, 0.4) is 0 Å². The van der Waals surface area contributed by atoms with Crippen LogP contribution in [-0.2, 0) is 4.74 Å². The summed E-state index contributed by atoms with van der Waals surface area (Å²) in [7, 11) is 1.36. The number of para-hydroxylation sites is 1. The van der Waals surface area contributed by atoms with Gasteiger partial charge in [-0.15, -0.1) is 5.11 Å². The van der Waals surface area contributed by atoms with E-state index in [-0.39, 0.29) is 0 Å². The molecule has 2 rings (SSSR count). The zero-order valence-electron chi connectivity index (χ0n) is 19.9. The second-order valence-electron chi connectivity index (χ2n) is 7.53. The Morgan fingerprint density at radius 2 is 1.73 bits per heavy atom. The van der Waals surface area contributed by atoms with E-state index in [2.05, 4.69) is 40.9 Å². The molecular formula is C28H33N3O2. The molecule has 0 fully saturated rings. The predicted octanol–water partition coefficient (Wildman–Crippen LogP) is 7.10. The van der Waals surface area contributed by atoms with Crippen molar-refractivity contribution in [2.24, 2.45) is 10.3 Å². The summed E-state index contributed by atoms with van der Waals surface area (Å²) in [6.07, 6.45) is 8.30. The monoisotopic (exact) mass is 443 g/mol. The van der Waals surface area contributed by atoms with Crippen LogP contribution in [0.1, 0.15) is 74.7 Å². The molecule has 2 aromatic rings. The van der Waals surface area contributed by atoms with Crippen LogP contribution in [-0.4, -0.2) is 19.6 Å². The number of benzene rings is 2. The van der Waals surface area contributed by atoms with Gasteiger partial charge in [0.15, 0.2) is 0 Å². The molecule has 172 valence electrons. The molecule has 0 aromatic heterocycles. The molecule has 0 saturated carbocycles.